The molecule has 1 heterocycles. The Balaban J connectivity index is 1.74. The van der Waals surface area contributed by atoms with Crippen LogP contribution in [0.2, 0.25) is 0 Å². The lowest BCUT2D eigenvalue weighted by Crippen LogP contribution is -1.99. The van der Waals surface area contributed by atoms with Crippen molar-refractivity contribution in [1.29, 1.82) is 0 Å². The zero-order chi connectivity index (χ0) is 12.5. The van der Waals surface area contributed by atoms with Gasteiger partial charge in [-0.05, 0) is 48.6 Å². The Hall–Kier alpha value is -1.19. The SMILES string of the molecule is OC(Cc1ccc(F)cc1)c1cc2c(s1)CCC2. The molecular formula is C15H15FOS. The van der Waals surface area contributed by atoms with Crippen molar-refractivity contribution in [2.75, 3.05) is 0 Å². The summed E-state index contributed by atoms with van der Waals surface area (Å²) in [7, 11) is 0. The second-order valence-corrected chi connectivity index (χ2v) is 5.97. The topological polar surface area (TPSA) is 20.2 Å². The molecule has 0 aliphatic heterocycles. The van der Waals surface area contributed by atoms with Gasteiger partial charge in [-0.3, -0.25) is 0 Å². The summed E-state index contributed by atoms with van der Waals surface area (Å²) in [6.45, 7) is 0. The maximum absolute atomic E-state index is 12.8. The molecule has 94 valence electrons. The van der Waals surface area contributed by atoms with E-state index in [-0.39, 0.29) is 5.82 Å². The summed E-state index contributed by atoms with van der Waals surface area (Å²) < 4.78 is 12.8. The van der Waals surface area contributed by atoms with Gasteiger partial charge in [0.05, 0.1) is 6.10 Å². The van der Waals surface area contributed by atoms with Gasteiger partial charge < -0.3 is 5.11 Å². The van der Waals surface area contributed by atoms with Crippen molar-refractivity contribution in [2.24, 2.45) is 0 Å². The summed E-state index contributed by atoms with van der Waals surface area (Å²) in [4.78, 5) is 2.48. The molecule has 0 fully saturated rings. The predicted octanol–water partition coefficient (Wildman–Crippen LogP) is 3.65. The van der Waals surface area contributed by atoms with Crippen molar-refractivity contribution in [2.45, 2.75) is 31.8 Å². The van der Waals surface area contributed by atoms with E-state index < -0.39 is 6.10 Å². The quantitative estimate of drug-likeness (QED) is 0.895. The molecule has 1 unspecified atom stereocenters. The highest BCUT2D eigenvalue weighted by Gasteiger charge is 2.18. The molecule has 3 heteroatoms. The Bertz CT molecular complexity index is 523. The first-order chi connectivity index (χ1) is 8.72. The van der Waals surface area contributed by atoms with Crippen LogP contribution in [0.4, 0.5) is 4.39 Å². The van der Waals surface area contributed by atoms with Crippen molar-refractivity contribution in [3.05, 3.63) is 57.0 Å². The first-order valence-corrected chi connectivity index (χ1v) is 7.08. The maximum Gasteiger partial charge on any atom is 0.123 e. The average Bonchev–Trinajstić information content (AvgIpc) is 2.92. The van der Waals surface area contributed by atoms with Crippen LogP contribution in [0.3, 0.4) is 0 Å². The number of hydrogen-bond donors (Lipinski definition) is 1. The molecule has 1 aromatic heterocycles. The second-order valence-electron chi connectivity index (χ2n) is 4.80. The summed E-state index contributed by atoms with van der Waals surface area (Å²) in [5.74, 6) is -0.233. The fourth-order valence-electron chi connectivity index (χ4n) is 2.46. The van der Waals surface area contributed by atoms with Crippen LogP contribution in [0.25, 0.3) is 0 Å². The Morgan fingerprint density at radius 1 is 1.22 bits per heavy atom. The van der Waals surface area contributed by atoms with Crippen molar-refractivity contribution in [3.63, 3.8) is 0 Å². The van der Waals surface area contributed by atoms with Crippen molar-refractivity contribution < 1.29 is 9.50 Å². The van der Waals surface area contributed by atoms with E-state index in [0.717, 1.165) is 23.3 Å². The Morgan fingerprint density at radius 2 is 2.00 bits per heavy atom. The fourth-order valence-corrected chi connectivity index (χ4v) is 3.70. The normalized spacial score (nSPS) is 15.7. The number of aliphatic hydroxyl groups is 1. The molecule has 1 aliphatic carbocycles. The van der Waals surface area contributed by atoms with E-state index in [1.807, 2.05) is 0 Å². The van der Waals surface area contributed by atoms with E-state index >= 15 is 0 Å². The molecule has 1 N–H and O–H groups in total. The minimum Gasteiger partial charge on any atom is -0.387 e. The van der Waals surface area contributed by atoms with E-state index in [2.05, 4.69) is 6.07 Å². The molecule has 0 amide bonds. The second kappa shape index (κ2) is 4.82. The van der Waals surface area contributed by atoms with E-state index in [1.54, 1.807) is 23.5 Å². The minimum atomic E-state index is -0.467. The molecule has 1 aromatic carbocycles. The zero-order valence-electron chi connectivity index (χ0n) is 10.0. The highest BCUT2D eigenvalue weighted by molar-refractivity contribution is 7.12. The van der Waals surface area contributed by atoms with Crippen molar-refractivity contribution >= 4 is 11.3 Å². The van der Waals surface area contributed by atoms with Crippen LogP contribution in [0.5, 0.6) is 0 Å². The average molecular weight is 262 g/mol. The van der Waals surface area contributed by atoms with Crippen molar-refractivity contribution in [3.8, 4) is 0 Å². The lowest BCUT2D eigenvalue weighted by atomic mass is 10.1. The maximum atomic E-state index is 12.8. The van der Waals surface area contributed by atoms with Gasteiger partial charge in [0.2, 0.25) is 0 Å². The van der Waals surface area contributed by atoms with Gasteiger partial charge in [0.25, 0.3) is 0 Å². The number of rotatable bonds is 3. The molecule has 0 radical (unpaired) electrons. The van der Waals surface area contributed by atoms with E-state index in [0.29, 0.717) is 6.42 Å². The predicted molar refractivity (Wildman–Crippen MR) is 71.4 cm³/mol. The standard InChI is InChI=1S/C15H15FOS/c16-12-6-4-10(5-7-12)8-13(17)15-9-11-2-1-3-14(11)18-15/h4-7,9,13,17H,1-3,8H2. The van der Waals surface area contributed by atoms with Gasteiger partial charge in [0.15, 0.2) is 0 Å². The van der Waals surface area contributed by atoms with Gasteiger partial charge in [-0.2, -0.15) is 0 Å². The van der Waals surface area contributed by atoms with E-state index in [1.165, 1.54) is 29.0 Å². The highest BCUT2D eigenvalue weighted by atomic mass is 32.1. The summed E-state index contributed by atoms with van der Waals surface area (Å²) in [5, 5.41) is 10.2. The first kappa shape index (κ1) is 11.9. The van der Waals surface area contributed by atoms with E-state index in [9.17, 15) is 9.50 Å². The number of aryl methyl sites for hydroxylation is 2. The number of fused-ring (bicyclic) bond motifs is 1. The third kappa shape index (κ3) is 2.33. The largest absolute Gasteiger partial charge is 0.387 e. The van der Waals surface area contributed by atoms with Gasteiger partial charge in [-0.25, -0.2) is 4.39 Å². The molecule has 1 aliphatic rings. The molecule has 1 nitrogen and oxygen atoms in total. The van der Waals surface area contributed by atoms with Crippen molar-refractivity contribution in [1.82, 2.24) is 0 Å². The molecule has 2 aromatic rings. The first-order valence-electron chi connectivity index (χ1n) is 6.26. The number of aliphatic hydroxyl groups excluding tert-OH is 1. The smallest absolute Gasteiger partial charge is 0.123 e. The van der Waals surface area contributed by atoms with Gasteiger partial charge in [0.1, 0.15) is 5.82 Å². The highest BCUT2D eigenvalue weighted by Crippen LogP contribution is 2.34. The summed E-state index contributed by atoms with van der Waals surface area (Å²) in [5.41, 5.74) is 2.38. The third-order valence-corrected chi connectivity index (χ3v) is 4.77. The molecular weight excluding hydrogens is 247 g/mol. The minimum absolute atomic E-state index is 0.233. The Kier molecular flexibility index (Phi) is 3.18. The van der Waals surface area contributed by atoms with Crippen LogP contribution in [-0.2, 0) is 19.3 Å². The van der Waals surface area contributed by atoms with Crippen LogP contribution in [0.15, 0.2) is 30.3 Å². The molecule has 0 spiro atoms. The molecule has 18 heavy (non-hydrogen) atoms. The number of hydrogen-bond acceptors (Lipinski definition) is 2. The molecule has 1 atom stereocenters. The fraction of sp³-hybridized carbons (Fsp3) is 0.333. The number of halogens is 1. The van der Waals surface area contributed by atoms with Gasteiger partial charge >= 0.3 is 0 Å². The van der Waals surface area contributed by atoms with Crippen LogP contribution in [0.1, 0.15) is 33.4 Å². The third-order valence-electron chi connectivity index (χ3n) is 3.44. The number of thiophene rings is 1. The monoisotopic (exact) mass is 262 g/mol. The number of benzene rings is 1. The Labute approximate surface area is 110 Å². The molecule has 0 saturated carbocycles. The summed E-state index contributed by atoms with van der Waals surface area (Å²) >= 11 is 1.73. The lowest BCUT2D eigenvalue weighted by Gasteiger charge is -2.08. The van der Waals surface area contributed by atoms with Crippen LogP contribution in [-0.4, -0.2) is 5.11 Å². The van der Waals surface area contributed by atoms with Crippen LogP contribution in [0, 0.1) is 5.82 Å². The van der Waals surface area contributed by atoms with Crippen LogP contribution >= 0.6 is 11.3 Å². The zero-order valence-corrected chi connectivity index (χ0v) is 10.8. The summed E-state index contributed by atoms with van der Waals surface area (Å²) in [6, 6.07) is 8.49. The molecule has 3 rings (SSSR count). The van der Waals surface area contributed by atoms with E-state index in [4.69, 9.17) is 0 Å². The van der Waals surface area contributed by atoms with Gasteiger partial charge in [-0.1, -0.05) is 12.1 Å². The van der Waals surface area contributed by atoms with Crippen LogP contribution < -0.4 is 0 Å². The van der Waals surface area contributed by atoms with Gasteiger partial charge in [-0.15, -0.1) is 11.3 Å². The Morgan fingerprint density at radius 3 is 2.72 bits per heavy atom. The molecule has 0 saturated heterocycles. The van der Waals surface area contributed by atoms with Gasteiger partial charge in [0, 0.05) is 16.2 Å². The molecule has 0 bridgehead atoms. The summed E-state index contributed by atoms with van der Waals surface area (Å²) in [6.07, 6.45) is 3.64. The lowest BCUT2D eigenvalue weighted by molar-refractivity contribution is 0.182.